The molecule has 2 aliphatic rings. The second-order valence-electron chi connectivity index (χ2n) is 6.25. The summed E-state index contributed by atoms with van der Waals surface area (Å²) in [7, 11) is 2.24. The van der Waals surface area contributed by atoms with Crippen molar-refractivity contribution in [1.29, 1.82) is 0 Å². The summed E-state index contributed by atoms with van der Waals surface area (Å²) in [4.78, 5) is 2.52. The van der Waals surface area contributed by atoms with Gasteiger partial charge in [0.15, 0.2) is 0 Å². The number of nitrogens with one attached hydrogen (secondary N) is 1. The summed E-state index contributed by atoms with van der Waals surface area (Å²) in [5, 5.41) is 3.33. The Hall–Kier alpha value is -1.00. The van der Waals surface area contributed by atoms with Gasteiger partial charge in [0, 0.05) is 30.3 Å². The zero-order chi connectivity index (χ0) is 14.1. The highest BCUT2D eigenvalue weighted by molar-refractivity contribution is 5.18. The van der Waals surface area contributed by atoms with Gasteiger partial charge in [0.1, 0.15) is 11.6 Å². The second kappa shape index (κ2) is 5.78. The van der Waals surface area contributed by atoms with Gasteiger partial charge in [-0.3, -0.25) is 0 Å². The molecular weight excluding hydrogens is 258 g/mol. The topological polar surface area (TPSA) is 15.3 Å². The summed E-state index contributed by atoms with van der Waals surface area (Å²) in [6.45, 7) is 1.41. The number of hydrogen-bond acceptors (Lipinski definition) is 2. The van der Waals surface area contributed by atoms with E-state index in [2.05, 4.69) is 17.3 Å². The van der Waals surface area contributed by atoms with Crippen molar-refractivity contribution in [1.82, 2.24) is 10.2 Å². The van der Waals surface area contributed by atoms with Crippen molar-refractivity contribution in [2.24, 2.45) is 5.92 Å². The molecule has 2 bridgehead atoms. The lowest BCUT2D eigenvalue weighted by atomic mass is 9.91. The van der Waals surface area contributed by atoms with Gasteiger partial charge in [0.2, 0.25) is 0 Å². The van der Waals surface area contributed by atoms with Crippen LogP contribution in [0.1, 0.15) is 31.2 Å². The SMILES string of the molecule is CN1C2CCC1CC(CNCc1ccc(F)cc1F)C2. The van der Waals surface area contributed by atoms with Gasteiger partial charge in [-0.15, -0.1) is 0 Å². The first-order valence-corrected chi connectivity index (χ1v) is 7.50. The predicted octanol–water partition coefficient (Wildman–Crippen LogP) is 2.93. The standard InChI is InChI=1S/C16H22F2N2/c1-20-14-4-5-15(20)7-11(6-14)9-19-10-12-2-3-13(17)8-16(12)18/h2-3,8,11,14-15,19H,4-7,9-10H2,1H3. The molecule has 2 atom stereocenters. The third kappa shape index (κ3) is 2.86. The maximum absolute atomic E-state index is 13.5. The molecule has 1 aromatic carbocycles. The third-order valence-electron chi connectivity index (χ3n) is 4.96. The predicted molar refractivity (Wildman–Crippen MR) is 75.4 cm³/mol. The lowest BCUT2D eigenvalue weighted by Gasteiger charge is -2.36. The van der Waals surface area contributed by atoms with Crippen molar-refractivity contribution >= 4 is 0 Å². The Labute approximate surface area is 119 Å². The van der Waals surface area contributed by atoms with Crippen LogP contribution in [0.4, 0.5) is 8.78 Å². The van der Waals surface area contributed by atoms with E-state index < -0.39 is 11.6 Å². The molecule has 0 saturated carbocycles. The lowest BCUT2D eigenvalue weighted by Crippen LogP contribution is -2.42. The molecule has 110 valence electrons. The van der Waals surface area contributed by atoms with Gasteiger partial charge in [-0.2, -0.15) is 0 Å². The average Bonchev–Trinajstić information content (AvgIpc) is 2.64. The number of halogens is 2. The van der Waals surface area contributed by atoms with Crippen LogP contribution in [0.25, 0.3) is 0 Å². The van der Waals surface area contributed by atoms with E-state index in [0.717, 1.165) is 24.7 Å². The summed E-state index contributed by atoms with van der Waals surface area (Å²) in [5.41, 5.74) is 0.544. The van der Waals surface area contributed by atoms with Crippen molar-refractivity contribution in [2.45, 2.75) is 44.3 Å². The Bertz CT molecular complexity index is 464. The van der Waals surface area contributed by atoms with Crippen molar-refractivity contribution in [3.8, 4) is 0 Å². The maximum atomic E-state index is 13.5. The molecule has 1 aromatic rings. The van der Waals surface area contributed by atoms with E-state index in [4.69, 9.17) is 0 Å². The van der Waals surface area contributed by atoms with Crippen LogP contribution in [0.15, 0.2) is 18.2 Å². The molecule has 0 amide bonds. The molecule has 0 radical (unpaired) electrons. The molecule has 4 heteroatoms. The van der Waals surface area contributed by atoms with Gasteiger partial charge in [0.25, 0.3) is 0 Å². The number of hydrogen-bond donors (Lipinski definition) is 1. The quantitative estimate of drug-likeness (QED) is 0.912. The molecule has 0 spiro atoms. The molecular formula is C16H22F2N2. The van der Waals surface area contributed by atoms with Crippen molar-refractivity contribution in [3.05, 3.63) is 35.4 Å². The monoisotopic (exact) mass is 280 g/mol. The van der Waals surface area contributed by atoms with Gasteiger partial charge in [-0.1, -0.05) is 6.07 Å². The van der Waals surface area contributed by atoms with Crippen LogP contribution in [-0.4, -0.2) is 30.6 Å². The van der Waals surface area contributed by atoms with Gasteiger partial charge in [-0.05, 0) is 51.3 Å². The molecule has 2 nitrogen and oxygen atoms in total. The molecule has 2 heterocycles. The third-order valence-corrected chi connectivity index (χ3v) is 4.96. The van der Waals surface area contributed by atoms with Crippen LogP contribution in [0.5, 0.6) is 0 Å². The van der Waals surface area contributed by atoms with E-state index >= 15 is 0 Å². The first kappa shape index (κ1) is 14.0. The van der Waals surface area contributed by atoms with Gasteiger partial charge >= 0.3 is 0 Å². The van der Waals surface area contributed by atoms with E-state index in [1.807, 2.05) is 0 Å². The highest BCUT2D eigenvalue weighted by atomic mass is 19.1. The summed E-state index contributed by atoms with van der Waals surface area (Å²) >= 11 is 0. The van der Waals surface area contributed by atoms with Crippen LogP contribution in [0, 0.1) is 17.6 Å². The van der Waals surface area contributed by atoms with Crippen LogP contribution < -0.4 is 5.32 Å². The van der Waals surface area contributed by atoms with Crippen LogP contribution in [0.2, 0.25) is 0 Å². The summed E-state index contributed by atoms with van der Waals surface area (Å²) in [6.07, 6.45) is 5.13. The second-order valence-corrected chi connectivity index (χ2v) is 6.25. The summed E-state index contributed by atoms with van der Waals surface area (Å²) in [6, 6.07) is 5.27. The molecule has 2 saturated heterocycles. The van der Waals surface area contributed by atoms with Gasteiger partial charge < -0.3 is 10.2 Å². The first-order chi connectivity index (χ1) is 9.63. The van der Waals surface area contributed by atoms with E-state index in [1.54, 1.807) is 0 Å². The van der Waals surface area contributed by atoms with Gasteiger partial charge in [-0.25, -0.2) is 8.78 Å². The van der Waals surface area contributed by atoms with E-state index in [0.29, 0.717) is 18.0 Å². The molecule has 0 aromatic heterocycles. The van der Waals surface area contributed by atoms with Crippen molar-refractivity contribution < 1.29 is 8.78 Å². The van der Waals surface area contributed by atoms with Gasteiger partial charge in [0.05, 0.1) is 0 Å². The van der Waals surface area contributed by atoms with E-state index in [9.17, 15) is 8.78 Å². The summed E-state index contributed by atoms with van der Waals surface area (Å²) in [5.74, 6) is -0.286. The number of piperidine rings is 1. The fourth-order valence-corrected chi connectivity index (χ4v) is 3.77. The number of rotatable bonds is 4. The fraction of sp³-hybridized carbons (Fsp3) is 0.625. The zero-order valence-electron chi connectivity index (χ0n) is 11.9. The normalized spacial score (nSPS) is 29.9. The lowest BCUT2D eigenvalue weighted by molar-refractivity contribution is 0.133. The smallest absolute Gasteiger partial charge is 0.130 e. The maximum Gasteiger partial charge on any atom is 0.130 e. The Morgan fingerprint density at radius 3 is 2.55 bits per heavy atom. The van der Waals surface area contributed by atoms with Crippen LogP contribution in [-0.2, 0) is 6.54 Å². The van der Waals surface area contributed by atoms with E-state index in [-0.39, 0.29) is 0 Å². The molecule has 20 heavy (non-hydrogen) atoms. The minimum atomic E-state index is -0.516. The minimum Gasteiger partial charge on any atom is -0.312 e. The Kier molecular flexibility index (Phi) is 4.03. The minimum absolute atomic E-state index is 0.457. The Morgan fingerprint density at radius 2 is 1.90 bits per heavy atom. The van der Waals surface area contributed by atoms with Crippen molar-refractivity contribution in [2.75, 3.05) is 13.6 Å². The summed E-state index contributed by atoms with van der Waals surface area (Å²) < 4.78 is 26.3. The van der Waals surface area contributed by atoms with Crippen LogP contribution in [0.3, 0.4) is 0 Å². The van der Waals surface area contributed by atoms with Crippen molar-refractivity contribution in [3.63, 3.8) is 0 Å². The molecule has 2 fully saturated rings. The molecule has 1 N–H and O–H groups in total. The molecule has 0 aliphatic carbocycles. The fourth-order valence-electron chi connectivity index (χ4n) is 3.77. The zero-order valence-corrected chi connectivity index (χ0v) is 11.9. The van der Waals surface area contributed by atoms with Crippen LogP contribution >= 0.6 is 0 Å². The first-order valence-electron chi connectivity index (χ1n) is 7.50. The number of benzene rings is 1. The largest absolute Gasteiger partial charge is 0.312 e. The highest BCUT2D eigenvalue weighted by Crippen LogP contribution is 2.37. The average molecular weight is 280 g/mol. The highest BCUT2D eigenvalue weighted by Gasteiger charge is 2.37. The molecule has 2 aliphatic heterocycles. The number of fused-ring (bicyclic) bond motifs is 2. The Morgan fingerprint density at radius 1 is 1.20 bits per heavy atom. The number of nitrogens with zero attached hydrogens (tertiary/aromatic N) is 1. The Balaban J connectivity index is 1.49. The molecule has 2 unspecified atom stereocenters. The van der Waals surface area contributed by atoms with E-state index in [1.165, 1.54) is 37.8 Å². The molecule has 3 rings (SSSR count).